The van der Waals surface area contributed by atoms with Gasteiger partial charge in [0.25, 0.3) is 0 Å². The average molecular weight is 490 g/mol. The molecule has 7 aromatic rings. The van der Waals surface area contributed by atoms with Gasteiger partial charge in [-0.2, -0.15) is 0 Å². The Morgan fingerprint density at radius 3 is 2.24 bits per heavy atom. The lowest BCUT2D eigenvalue weighted by Gasteiger charge is -2.18. The van der Waals surface area contributed by atoms with Crippen LogP contribution in [0.2, 0.25) is 0 Å². The van der Waals surface area contributed by atoms with Gasteiger partial charge in [-0.05, 0) is 91.0 Å². The number of aryl methyl sites for hydroxylation is 2. The molecule has 0 N–H and O–H groups in total. The molecule has 37 heavy (non-hydrogen) atoms. The molecule has 8 rings (SSSR count). The quantitative estimate of drug-likeness (QED) is 0.229. The van der Waals surface area contributed by atoms with Crippen LogP contribution in [0.5, 0.6) is 0 Å². The molecule has 1 aliphatic rings. The molecule has 0 amide bonds. The minimum absolute atomic E-state index is 1.15. The molecule has 0 bridgehead atoms. The highest BCUT2D eigenvalue weighted by Crippen LogP contribution is 2.47. The maximum Gasteiger partial charge on any atom is 0.0353 e. The first-order chi connectivity index (χ1) is 18.3. The number of hydrogen-bond donors (Lipinski definition) is 0. The maximum absolute atomic E-state index is 4.59. The highest BCUT2D eigenvalue weighted by molar-refractivity contribution is 8.00. The summed E-state index contributed by atoms with van der Waals surface area (Å²) in [5, 5.41) is 10.4. The summed E-state index contributed by atoms with van der Waals surface area (Å²) in [6.45, 7) is 0. The van der Waals surface area contributed by atoms with E-state index in [1.165, 1.54) is 75.1 Å². The van der Waals surface area contributed by atoms with Gasteiger partial charge in [0.1, 0.15) is 0 Å². The summed E-state index contributed by atoms with van der Waals surface area (Å²) in [7, 11) is 0. The Morgan fingerprint density at radius 2 is 1.32 bits per heavy atom. The fraction of sp³-hybridized carbons (Fsp3) is 0.0571. The third-order valence-corrected chi connectivity index (χ3v) is 9.08. The highest BCUT2D eigenvalue weighted by Gasteiger charge is 2.20. The summed E-state index contributed by atoms with van der Waals surface area (Å²) >= 11 is 1.90. The third-order valence-electron chi connectivity index (χ3n) is 7.86. The van der Waals surface area contributed by atoms with E-state index in [0.29, 0.717) is 0 Å². The van der Waals surface area contributed by atoms with Gasteiger partial charge in [0.15, 0.2) is 0 Å². The van der Waals surface area contributed by atoms with Crippen LogP contribution in [0, 0.1) is 0 Å². The van der Waals surface area contributed by atoms with E-state index in [1.54, 1.807) is 0 Å². The van der Waals surface area contributed by atoms with Gasteiger partial charge in [-0.3, -0.25) is 4.98 Å². The van der Waals surface area contributed by atoms with Crippen molar-refractivity contribution in [2.24, 2.45) is 0 Å². The van der Waals surface area contributed by atoms with E-state index >= 15 is 0 Å². The fourth-order valence-corrected chi connectivity index (χ4v) is 7.38. The van der Waals surface area contributed by atoms with Crippen molar-refractivity contribution >= 4 is 54.9 Å². The zero-order chi connectivity index (χ0) is 24.3. The van der Waals surface area contributed by atoms with Crippen LogP contribution in [-0.4, -0.2) is 4.98 Å². The van der Waals surface area contributed by atoms with E-state index in [1.807, 2.05) is 24.2 Å². The largest absolute Gasteiger partial charge is 0.264 e. The molecular weight excluding hydrogens is 466 g/mol. The number of pyridine rings is 1. The third kappa shape index (κ3) is 3.22. The van der Waals surface area contributed by atoms with Crippen molar-refractivity contribution in [2.45, 2.75) is 22.6 Å². The van der Waals surface area contributed by atoms with Crippen LogP contribution in [0.4, 0.5) is 0 Å². The summed E-state index contributed by atoms with van der Waals surface area (Å²) in [4.78, 5) is 7.21. The smallest absolute Gasteiger partial charge is 0.0353 e. The minimum atomic E-state index is 1.15. The molecule has 0 saturated heterocycles. The molecule has 0 fully saturated rings. The molecule has 1 aliphatic carbocycles. The van der Waals surface area contributed by atoms with Crippen LogP contribution in [0.15, 0.2) is 125 Å². The molecule has 0 atom stereocenters. The summed E-state index contributed by atoms with van der Waals surface area (Å²) in [6, 6.07) is 37.9. The van der Waals surface area contributed by atoms with Gasteiger partial charge in [-0.25, -0.2) is 0 Å². The fourth-order valence-electron chi connectivity index (χ4n) is 6.17. The first-order valence-electron chi connectivity index (χ1n) is 12.8. The molecule has 1 heterocycles. The molecule has 6 aromatic carbocycles. The van der Waals surface area contributed by atoms with E-state index < -0.39 is 0 Å². The lowest BCUT2D eigenvalue weighted by molar-refractivity contribution is 1.02. The number of benzene rings is 6. The molecule has 1 nitrogen and oxygen atoms in total. The van der Waals surface area contributed by atoms with Gasteiger partial charge in [-0.1, -0.05) is 96.7 Å². The Kier molecular flexibility index (Phi) is 4.65. The summed E-state index contributed by atoms with van der Waals surface area (Å²) in [5.74, 6) is 0. The topological polar surface area (TPSA) is 12.9 Å². The van der Waals surface area contributed by atoms with Crippen molar-refractivity contribution in [1.82, 2.24) is 4.98 Å². The Bertz CT molecular complexity index is 1950. The van der Waals surface area contributed by atoms with Gasteiger partial charge in [0.05, 0.1) is 0 Å². The molecule has 174 valence electrons. The Morgan fingerprint density at radius 1 is 0.568 bits per heavy atom. The standard InChI is InChI=1S/C35H23NS/c1-2-7-25-20-26(15-12-22(25)6-1)34-27-9-3-4-10-28(27)35(29-18-19-36-21-31(29)34)37-32-17-16-24-14-13-23-8-5-11-30(32)33(23)24/h1-12,15-21H,13-14H2. The highest BCUT2D eigenvalue weighted by atomic mass is 32.2. The zero-order valence-corrected chi connectivity index (χ0v) is 21.1. The second-order valence-corrected chi connectivity index (χ2v) is 10.9. The second-order valence-electron chi connectivity index (χ2n) is 9.90. The van der Waals surface area contributed by atoms with Crippen LogP contribution in [0.1, 0.15) is 11.1 Å². The zero-order valence-electron chi connectivity index (χ0n) is 20.2. The van der Waals surface area contributed by atoms with E-state index in [-0.39, 0.29) is 0 Å². The van der Waals surface area contributed by atoms with Crippen molar-refractivity contribution in [3.8, 4) is 11.1 Å². The Labute approximate surface area is 219 Å². The molecule has 0 spiro atoms. The number of fused-ring (bicyclic) bond motifs is 3. The number of nitrogens with zero attached hydrogens (tertiary/aromatic N) is 1. The van der Waals surface area contributed by atoms with Gasteiger partial charge >= 0.3 is 0 Å². The van der Waals surface area contributed by atoms with Crippen LogP contribution in [0.25, 0.3) is 54.2 Å². The van der Waals surface area contributed by atoms with Crippen molar-refractivity contribution in [2.75, 3.05) is 0 Å². The van der Waals surface area contributed by atoms with Crippen molar-refractivity contribution in [3.63, 3.8) is 0 Å². The second kappa shape index (κ2) is 8.19. The number of aromatic nitrogens is 1. The lowest BCUT2D eigenvalue weighted by Crippen LogP contribution is -1.91. The van der Waals surface area contributed by atoms with Crippen molar-refractivity contribution < 1.29 is 0 Å². The molecular formula is C35H23NS. The summed E-state index contributed by atoms with van der Waals surface area (Å²) < 4.78 is 0. The first kappa shape index (κ1) is 21.0. The van der Waals surface area contributed by atoms with Gasteiger partial charge in [0.2, 0.25) is 0 Å². The number of rotatable bonds is 3. The van der Waals surface area contributed by atoms with E-state index in [2.05, 4.69) is 108 Å². The van der Waals surface area contributed by atoms with Gasteiger partial charge in [-0.15, -0.1) is 0 Å². The molecule has 1 aromatic heterocycles. The minimum Gasteiger partial charge on any atom is -0.264 e. The van der Waals surface area contributed by atoms with Crippen LogP contribution < -0.4 is 0 Å². The normalized spacial score (nSPS) is 12.8. The molecule has 0 unspecified atom stereocenters. The monoisotopic (exact) mass is 489 g/mol. The maximum atomic E-state index is 4.59. The Hall–Kier alpha value is -4.14. The lowest BCUT2D eigenvalue weighted by atomic mass is 9.92. The van der Waals surface area contributed by atoms with Gasteiger partial charge < -0.3 is 0 Å². The van der Waals surface area contributed by atoms with Crippen LogP contribution >= 0.6 is 11.8 Å². The molecule has 0 saturated carbocycles. The molecule has 0 radical (unpaired) electrons. The number of hydrogen-bond acceptors (Lipinski definition) is 2. The molecule has 0 aliphatic heterocycles. The van der Waals surface area contributed by atoms with Crippen LogP contribution in [0.3, 0.4) is 0 Å². The summed E-state index contributed by atoms with van der Waals surface area (Å²) in [5.41, 5.74) is 5.46. The van der Waals surface area contributed by atoms with Crippen LogP contribution in [-0.2, 0) is 12.8 Å². The van der Waals surface area contributed by atoms with E-state index in [0.717, 1.165) is 12.8 Å². The van der Waals surface area contributed by atoms with Crippen molar-refractivity contribution in [3.05, 3.63) is 127 Å². The van der Waals surface area contributed by atoms with E-state index in [4.69, 9.17) is 0 Å². The first-order valence-corrected chi connectivity index (χ1v) is 13.7. The van der Waals surface area contributed by atoms with E-state index in [9.17, 15) is 0 Å². The average Bonchev–Trinajstić information content (AvgIpc) is 3.38. The van der Waals surface area contributed by atoms with Gasteiger partial charge in [0, 0.05) is 27.6 Å². The SMILES string of the molecule is c1ccc2cc(-c3c4ccccc4c(Sc4ccc5c6c(cccc46)CC5)c4ccncc34)ccc2c1. The Balaban J connectivity index is 1.41. The predicted molar refractivity (Wildman–Crippen MR) is 158 cm³/mol. The predicted octanol–water partition coefficient (Wildman–Crippen LogP) is 9.61. The summed E-state index contributed by atoms with van der Waals surface area (Å²) in [6.07, 6.45) is 6.28. The molecule has 2 heteroatoms. The van der Waals surface area contributed by atoms with Crippen molar-refractivity contribution in [1.29, 1.82) is 0 Å².